The van der Waals surface area contributed by atoms with Gasteiger partial charge in [-0.05, 0) is 66.9 Å². The molecule has 0 unspecified atom stereocenters. The Morgan fingerprint density at radius 2 is 1.00 bits per heavy atom. The van der Waals surface area contributed by atoms with Crippen LogP contribution in [-0.4, -0.2) is 38.4 Å². The third kappa shape index (κ3) is 13.0. The Balaban J connectivity index is 1.39. The Labute approximate surface area is 328 Å². The van der Waals surface area contributed by atoms with Crippen LogP contribution in [0, 0.1) is 11.8 Å². The number of alkyl halides is 6. The minimum atomic E-state index is -5.51. The normalized spacial score (nSPS) is 11.7. The second-order valence-corrected chi connectivity index (χ2v) is 11.9. The number of hydrogen-bond donors (Lipinski definition) is 0. The van der Waals surface area contributed by atoms with E-state index in [1.807, 2.05) is 0 Å². The zero-order chi connectivity index (χ0) is 42.3. The van der Waals surface area contributed by atoms with Crippen LogP contribution in [0.25, 0.3) is 11.7 Å². The fourth-order valence-electron chi connectivity index (χ4n) is 4.99. The average molecular weight is 815 g/mol. The van der Waals surface area contributed by atoms with Crippen LogP contribution in [0.3, 0.4) is 0 Å². The van der Waals surface area contributed by atoms with E-state index in [0.717, 1.165) is 24.3 Å². The zero-order valence-electron chi connectivity index (χ0n) is 30.5. The van der Waals surface area contributed by atoms with Crippen molar-refractivity contribution in [3.63, 3.8) is 0 Å². The smallest absolute Gasteiger partial charge is 0.420 e. The molecule has 0 aromatic heterocycles. The molecule has 0 radical (unpaired) electrons. The van der Waals surface area contributed by atoms with E-state index >= 15 is 8.78 Å². The minimum Gasteiger partial charge on any atom is -0.493 e. The number of hydrogen-bond acceptors (Lipinski definition) is 7. The third-order valence-electron chi connectivity index (χ3n) is 7.80. The molecule has 0 atom stereocenters. The highest BCUT2D eigenvalue weighted by Gasteiger charge is 2.48. The summed E-state index contributed by atoms with van der Waals surface area (Å²) in [7, 11) is 0. The van der Waals surface area contributed by atoms with Gasteiger partial charge >= 0.3 is 24.3 Å². The van der Waals surface area contributed by atoms with Crippen LogP contribution in [0.2, 0.25) is 0 Å². The molecular weight excluding hydrogens is 780 g/mol. The lowest BCUT2D eigenvalue weighted by molar-refractivity contribution is -0.164. The number of rotatable bonds is 17. The molecule has 0 spiro atoms. The lowest BCUT2D eigenvalue weighted by atomic mass is 10.0. The first-order valence-corrected chi connectivity index (χ1v) is 17.3. The Kier molecular flexibility index (Phi) is 15.7. The van der Waals surface area contributed by atoms with Crippen LogP contribution in [0.1, 0.15) is 51.8 Å². The van der Waals surface area contributed by atoms with Crippen molar-refractivity contribution < 1.29 is 68.4 Å². The first-order chi connectivity index (χ1) is 27.6. The number of halogens is 8. The van der Waals surface area contributed by atoms with E-state index in [1.165, 1.54) is 36.4 Å². The number of unbranched alkanes of at least 4 members (excludes halogenated alkanes) is 1. The molecule has 4 aromatic carbocycles. The van der Waals surface area contributed by atoms with E-state index in [-0.39, 0.29) is 49.4 Å². The molecule has 4 rings (SSSR count). The van der Waals surface area contributed by atoms with Gasteiger partial charge in [0.15, 0.2) is 11.7 Å². The average Bonchev–Trinajstić information content (AvgIpc) is 3.21. The molecule has 0 saturated carbocycles. The molecule has 7 nitrogen and oxygen atoms in total. The molecule has 0 saturated heterocycles. The van der Waals surface area contributed by atoms with Gasteiger partial charge in [0.25, 0.3) is 0 Å². The van der Waals surface area contributed by atoms with Gasteiger partial charge in [-0.15, -0.1) is 0 Å². The first-order valence-electron chi connectivity index (χ1n) is 17.3. The quantitative estimate of drug-likeness (QED) is 0.0262. The topological polar surface area (TPSA) is 80.3 Å². The molecular formula is C43H34F8O7. The van der Waals surface area contributed by atoms with Crippen LogP contribution in [0.5, 0.6) is 17.2 Å². The van der Waals surface area contributed by atoms with Gasteiger partial charge < -0.3 is 23.7 Å². The number of carbonyl (C=O) groups excluding carboxylic acids is 2. The molecule has 58 heavy (non-hydrogen) atoms. The Bertz CT molecular complexity index is 2150. The molecule has 4 aromatic rings. The van der Waals surface area contributed by atoms with E-state index in [2.05, 4.69) is 25.0 Å². The van der Waals surface area contributed by atoms with Crippen molar-refractivity contribution in [2.24, 2.45) is 0 Å². The number of esters is 2. The summed E-state index contributed by atoms with van der Waals surface area (Å²) in [6.07, 6.45) is -8.79. The van der Waals surface area contributed by atoms with Crippen molar-refractivity contribution in [2.45, 2.75) is 31.8 Å². The van der Waals surface area contributed by atoms with E-state index in [4.69, 9.17) is 23.7 Å². The molecule has 0 aliphatic carbocycles. The minimum absolute atomic E-state index is 0.0545. The zero-order valence-corrected chi connectivity index (χ0v) is 30.5. The van der Waals surface area contributed by atoms with Gasteiger partial charge in [-0.2, -0.15) is 26.3 Å². The summed E-state index contributed by atoms with van der Waals surface area (Å²) >= 11 is 0. The molecule has 15 heteroatoms. The van der Waals surface area contributed by atoms with Gasteiger partial charge in [-0.25, -0.2) is 18.4 Å². The van der Waals surface area contributed by atoms with Crippen LogP contribution >= 0.6 is 0 Å². The summed E-state index contributed by atoms with van der Waals surface area (Å²) in [4.78, 5) is 22.1. The number of benzene rings is 4. The van der Waals surface area contributed by atoms with Crippen LogP contribution in [0.4, 0.5) is 35.1 Å². The molecule has 0 aliphatic rings. The van der Waals surface area contributed by atoms with E-state index in [0.29, 0.717) is 29.0 Å². The van der Waals surface area contributed by atoms with Crippen molar-refractivity contribution in [3.05, 3.63) is 149 Å². The molecule has 304 valence electrons. The summed E-state index contributed by atoms with van der Waals surface area (Å²) in [5.41, 5.74) is -3.19. The lowest BCUT2D eigenvalue weighted by Gasteiger charge is -2.22. The summed E-state index contributed by atoms with van der Waals surface area (Å²) in [5.74, 6) is 0.485. The second-order valence-electron chi connectivity index (χ2n) is 11.9. The van der Waals surface area contributed by atoms with Crippen LogP contribution in [-0.2, 0) is 38.0 Å². The van der Waals surface area contributed by atoms with E-state index in [1.54, 1.807) is 24.3 Å². The maximum absolute atomic E-state index is 15.2. The SMILES string of the molecule is C=CC(=O)OCCCCOc1ccc(OCc2ccc(/C(F)=C(\F)c3ccc(C#Cc4ccc(OCCOC(=O)C=C)cc4)cc3)cc2)c(C(F)(F)F)c1C(F)(F)F. The monoisotopic (exact) mass is 814 g/mol. The predicted molar refractivity (Wildman–Crippen MR) is 198 cm³/mol. The van der Waals surface area contributed by atoms with Crippen LogP contribution < -0.4 is 14.2 Å². The predicted octanol–water partition coefficient (Wildman–Crippen LogP) is 10.5. The molecule has 0 bridgehead atoms. The highest BCUT2D eigenvalue weighted by atomic mass is 19.4. The Morgan fingerprint density at radius 1 is 0.552 bits per heavy atom. The highest BCUT2D eigenvalue weighted by Crippen LogP contribution is 2.49. The Hall–Kier alpha value is -6.56. The van der Waals surface area contributed by atoms with Crippen molar-refractivity contribution in [1.82, 2.24) is 0 Å². The summed E-state index contributed by atoms with van der Waals surface area (Å²) in [6.45, 7) is 5.57. The molecule has 0 heterocycles. The fraction of sp³-hybridized carbons (Fsp3) is 0.209. The summed E-state index contributed by atoms with van der Waals surface area (Å²) in [6, 6.07) is 18.5. The number of ether oxygens (including phenoxy) is 5. The lowest BCUT2D eigenvalue weighted by Crippen LogP contribution is -2.20. The maximum Gasteiger partial charge on any atom is 0.420 e. The van der Waals surface area contributed by atoms with Gasteiger partial charge in [0.05, 0.1) is 13.2 Å². The van der Waals surface area contributed by atoms with Gasteiger partial charge in [-0.3, -0.25) is 0 Å². The van der Waals surface area contributed by atoms with Gasteiger partial charge in [0.1, 0.15) is 48.2 Å². The van der Waals surface area contributed by atoms with Gasteiger partial charge in [-0.1, -0.05) is 61.4 Å². The van der Waals surface area contributed by atoms with E-state index in [9.17, 15) is 35.9 Å². The molecule has 0 amide bonds. The fourth-order valence-corrected chi connectivity index (χ4v) is 4.99. The molecule has 0 N–H and O–H groups in total. The molecule has 0 fully saturated rings. The highest BCUT2D eigenvalue weighted by molar-refractivity contribution is 5.83. The molecule has 0 aliphatic heterocycles. The summed E-state index contributed by atoms with van der Waals surface area (Å²) in [5, 5.41) is 0. The van der Waals surface area contributed by atoms with Gasteiger partial charge in [0, 0.05) is 34.4 Å². The summed E-state index contributed by atoms with van der Waals surface area (Å²) < 4.78 is 140. The van der Waals surface area contributed by atoms with Gasteiger partial charge in [0.2, 0.25) is 0 Å². The van der Waals surface area contributed by atoms with Crippen molar-refractivity contribution in [1.29, 1.82) is 0 Å². The van der Waals surface area contributed by atoms with E-state index < -0.39 is 71.8 Å². The van der Waals surface area contributed by atoms with Crippen molar-refractivity contribution in [3.8, 4) is 29.1 Å². The standard InChI is InChI=1S/C43H34F8O7/c1-3-36(52)56-24-6-5-23-55-34-21-22-35(39(43(49,50)51)38(34)42(46,47)48)58-27-30-11-17-32(18-12-30)41(45)40(44)31-15-9-28(10-16-31)7-8-29-13-19-33(20-14-29)54-25-26-57-37(53)4-2/h3-4,9-22H,1-2,5-6,23-27H2/b41-40+. The first kappa shape index (κ1) is 44.2. The second kappa shape index (κ2) is 20.6. The van der Waals surface area contributed by atoms with Crippen molar-refractivity contribution in [2.75, 3.05) is 26.4 Å². The van der Waals surface area contributed by atoms with Crippen LogP contribution in [0.15, 0.2) is 110 Å². The third-order valence-corrected chi connectivity index (χ3v) is 7.80. The number of carbonyl (C=O) groups is 2. The maximum atomic E-state index is 15.2. The van der Waals surface area contributed by atoms with Crippen molar-refractivity contribution >= 4 is 23.6 Å². The Morgan fingerprint density at radius 3 is 1.50 bits per heavy atom. The largest absolute Gasteiger partial charge is 0.493 e.